The summed E-state index contributed by atoms with van der Waals surface area (Å²) in [5, 5.41) is 17.4. The molecule has 2 aromatic carbocycles. The van der Waals surface area contributed by atoms with E-state index in [1.165, 1.54) is 11.1 Å². The van der Waals surface area contributed by atoms with Gasteiger partial charge in [0.25, 0.3) is 0 Å². The van der Waals surface area contributed by atoms with Gasteiger partial charge in [-0.05, 0) is 30.0 Å². The zero-order valence-electron chi connectivity index (χ0n) is 16.8. The van der Waals surface area contributed by atoms with E-state index in [0.29, 0.717) is 12.5 Å². The van der Waals surface area contributed by atoms with Crippen LogP contribution in [-0.2, 0) is 6.54 Å². The van der Waals surface area contributed by atoms with E-state index in [9.17, 15) is 5.11 Å². The maximum Gasteiger partial charge on any atom is 0.123 e. The zero-order valence-corrected chi connectivity index (χ0v) is 16.8. The van der Waals surface area contributed by atoms with Gasteiger partial charge in [-0.3, -0.25) is 0 Å². The van der Waals surface area contributed by atoms with E-state index in [4.69, 9.17) is 4.74 Å². The predicted molar refractivity (Wildman–Crippen MR) is 110 cm³/mol. The average molecular weight is 369 g/mol. The molecule has 1 aliphatic heterocycles. The fraction of sp³-hybridized carbons (Fsp3) is 0.478. The molecule has 4 unspecified atom stereocenters. The summed E-state index contributed by atoms with van der Waals surface area (Å²) in [6.45, 7) is 7.43. The van der Waals surface area contributed by atoms with Crippen molar-refractivity contribution in [2.24, 2.45) is 5.92 Å². The van der Waals surface area contributed by atoms with Gasteiger partial charge in [0.15, 0.2) is 0 Å². The van der Waals surface area contributed by atoms with Gasteiger partial charge in [-0.1, -0.05) is 56.3 Å². The van der Waals surface area contributed by atoms with E-state index >= 15 is 0 Å². The first-order valence-electron chi connectivity index (χ1n) is 9.87. The Morgan fingerprint density at radius 3 is 2.52 bits per heavy atom. The summed E-state index contributed by atoms with van der Waals surface area (Å²) in [4.78, 5) is 0. The van der Waals surface area contributed by atoms with Crippen molar-refractivity contribution >= 4 is 0 Å². The van der Waals surface area contributed by atoms with Crippen LogP contribution in [-0.4, -0.2) is 30.9 Å². The molecule has 0 aliphatic carbocycles. The van der Waals surface area contributed by atoms with E-state index < -0.39 is 0 Å². The van der Waals surface area contributed by atoms with Crippen LogP contribution in [0, 0.1) is 5.92 Å². The standard InChI is InChI=1S/C23H32N2O2/c1-15(2)18-10-11-21(27-4)19(12-18)13-24-23-20(14-26)16(3)25-22(23)17-8-6-5-7-9-17/h5-12,15-16,20,22-26H,13-14H2,1-4H3. The topological polar surface area (TPSA) is 53.5 Å². The first-order valence-corrected chi connectivity index (χ1v) is 9.87. The van der Waals surface area contributed by atoms with Crippen LogP contribution in [0.1, 0.15) is 49.4 Å². The van der Waals surface area contributed by atoms with Crippen LogP contribution in [0.3, 0.4) is 0 Å². The first kappa shape index (κ1) is 19.9. The number of benzene rings is 2. The van der Waals surface area contributed by atoms with Gasteiger partial charge in [-0.2, -0.15) is 0 Å². The fourth-order valence-electron chi connectivity index (χ4n) is 4.10. The quantitative estimate of drug-likeness (QED) is 0.699. The minimum Gasteiger partial charge on any atom is -0.496 e. The van der Waals surface area contributed by atoms with Gasteiger partial charge in [-0.15, -0.1) is 0 Å². The van der Waals surface area contributed by atoms with Crippen LogP contribution < -0.4 is 15.4 Å². The Kier molecular flexibility index (Phi) is 6.53. The molecule has 0 bridgehead atoms. The molecule has 4 nitrogen and oxygen atoms in total. The average Bonchev–Trinajstić information content (AvgIpc) is 3.01. The van der Waals surface area contributed by atoms with Crippen LogP contribution in [0.4, 0.5) is 0 Å². The molecule has 0 saturated carbocycles. The van der Waals surface area contributed by atoms with Crippen molar-refractivity contribution in [1.29, 1.82) is 0 Å². The van der Waals surface area contributed by atoms with Crippen LogP contribution in [0.2, 0.25) is 0 Å². The molecule has 3 rings (SSSR count). The van der Waals surface area contributed by atoms with E-state index in [-0.39, 0.29) is 30.7 Å². The molecule has 0 radical (unpaired) electrons. The molecule has 146 valence electrons. The Morgan fingerprint density at radius 1 is 1.15 bits per heavy atom. The molecule has 1 saturated heterocycles. The third-order valence-electron chi connectivity index (χ3n) is 5.77. The van der Waals surface area contributed by atoms with Gasteiger partial charge in [-0.25, -0.2) is 0 Å². The normalized spacial score (nSPS) is 25.1. The predicted octanol–water partition coefficient (Wildman–Crippen LogP) is 3.62. The maximum absolute atomic E-state index is 9.98. The maximum atomic E-state index is 9.98. The van der Waals surface area contributed by atoms with E-state index in [0.717, 1.165) is 11.3 Å². The molecule has 2 aromatic rings. The summed E-state index contributed by atoms with van der Waals surface area (Å²) in [6, 6.07) is 17.5. The van der Waals surface area contributed by atoms with Gasteiger partial charge in [0.1, 0.15) is 5.75 Å². The van der Waals surface area contributed by atoms with Crippen molar-refractivity contribution in [3.63, 3.8) is 0 Å². The van der Waals surface area contributed by atoms with Gasteiger partial charge in [0, 0.05) is 42.8 Å². The monoisotopic (exact) mass is 368 g/mol. The molecule has 0 amide bonds. The molecule has 4 atom stereocenters. The SMILES string of the molecule is COc1ccc(C(C)C)cc1CNC1C(c2ccccc2)NC(C)C1CO. The first-order chi connectivity index (χ1) is 13.0. The lowest BCUT2D eigenvalue weighted by atomic mass is 9.91. The van der Waals surface area contributed by atoms with Crippen molar-refractivity contribution in [2.75, 3.05) is 13.7 Å². The fourth-order valence-corrected chi connectivity index (χ4v) is 4.10. The number of hydrogen-bond acceptors (Lipinski definition) is 4. The number of hydrogen-bond donors (Lipinski definition) is 3. The largest absolute Gasteiger partial charge is 0.496 e. The van der Waals surface area contributed by atoms with Gasteiger partial charge in [0.2, 0.25) is 0 Å². The molecule has 0 spiro atoms. The highest BCUT2D eigenvalue weighted by Crippen LogP contribution is 2.32. The van der Waals surface area contributed by atoms with E-state index in [1.807, 2.05) is 6.07 Å². The molecule has 27 heavy (non-hydrogen) atoms. The zero-order chi connectivity index (χ0) is 19.4. The molecular weight excluding hydrogens is 336 g/mol. The number of nitrogens with one attached hydrogen (secondary N) is 2. The summed E-state index contributed by atoms with van der Waals surface area (Å²) in [5.74, 6) is 1.54. The highest BCUT2D eigenvalue weighted by molar-refractivity contribution is 5.38. The molecular formula is C23H32N2O2. The lowest BCUT2D eigenvalue weighted by Gasteiger charge is -2.26. The summed E-state index contributed by atoms with van der Waals surface area (Å²) < 4.78 is 5.58. The molecule has 1 fully saturated rings. The van der Waals surface area contributed by atoms with Crippen molar-refractivity contribution in [1.82, 2.24) is 10.6 Å². The van der Waals surface area contributed by atoms with Gasteiger partial charge in [0.05, 0.1) is 7.11 Å². The Hall–Kier alpha value is -1.88. The second-order valence-electron chi connectivity index (χ2n) is 7.82. The number of ether oxygens (including phenoxy) is 1. The smallest absolute Gasteiger partial charge is 0.123 e. The second kappa shape index (κ2) is 8.87. The Labute approximate surface area is 163 Å². The summed E-state index contributed by atoms with van der Waals surface area (Å²) in [5.41, 5.74) is 3.72. The highest BCUT2D eigenvalue weighted by atomic mass is 16.5. The number of aliphatic hydroxyl groups excluding tert-OH is 1. The number of aliphatic hydroxyl groups is 1. The lowest BCUT2D eigenvalue weighted by molar-refractivity contribution is 0.192. The molecule has 4 heteroatoms. The number of rotatable bonds is 7. The van der Waals surface area contributed by atoms with Crippen molar-refractivity contribution in [3.8, 4) is 5.75 Å². The summed E-state index contributed by atoms with van der Waals surface area (Å²) in [7, 11) is 1.72. The van der Waals surface area contributed by atoms with Crippen LogP contribution >= 0.6 is 0 Å². The Bertz CT molecular complexity index is 732. The minimum absolute atomic E-state index is 0.153. The van der Waals surface area contributed by atoms with E-state index in [1.54, 1.807) is 7.11 Å². The van der Waals surface area contributed by atoms with E-state index in [2.05, 4.69) is 73.9 Å². The molecule has 1 aliphatic rings. The van der Waals surface area contributed by atoms with Crippen molar-refractivity contribution in [2.45, 2.75) is 51.4 Å². The molecule has 1 heterocycles. The second-order valence-corrected chi connectivity index (χ2v) is 7.82. The third-order valence-corrected chi connectivity index (χ3v) is 5.77. The van der Waals surface area contributed by atoms with Crippen LogP contribution in [0.5, 0.6) is 5.75 Å². The molecule has 0 aromatic heterocycles. The van der Waals surface area contributed by atoms with Crippen molar-refractivity contribution in [3.05, 3.63) is 65.2 Å². The Morgan fingerprint density at radius 2 is 1.89 bits per heavy atom. The third kappa shape index (κ3) is 4.34. The van der Waals surface area contributed by atoms with Crippen LogP contribution in [0.25, 0.3) is 0 Å². The lowest BCUT2D eigenvalue weighted by Crippen LogP contribution is -2.39. The summed E-state index contributed by atoms with van der Waals surface area (Å²) in [6.07, 6.45) is 0. The van der Waals surface area contributed by atoms with Crippen molar-refractivity contribution < 1.29 is 9.84 Å². The Balaban J connectivity index is 1.82. The molecule has 3 N–H and O–H groups in total. The minimum atomic E-state index is 0.153. The van der Waals surface area contributed by atoms with Gasteiger partial charge < -0.3 is 20.5 Å². The number of methoxy groups -OCH3 is 1. The highest BCUT2D eigenvalue weighted by Gasteiger charge is 2.40. The van der Waals surface area contributed by atoms with Gasteiger partial charge >= 0.3 is 0 Å². The van der Waals surface area contributed by atoms with Crippen LogP contribution in [0.15, 0.2) is 48.5 Å². The summed E-state index contributed by atoms with van der Waals surface area (Å²) >= 11 is 0.